The fourth-order valence-electron chi connectivity index (χ4n) is 0.538. The van der Waals surface area contributed by atoms with Crippen LogP contribution in [0.2, 0.25) is 0 Å². The molecule has 0 aromatic heterocycles. The molecule has 0 aliphatic carbocycles. The summed E-state index contributed by atoms with van der Waals surface area (Å²) in [5.74, 6) is -2.47. The number of carbonyl (C=O) groups excluding carboxylic acids is 3. The van der Waals surface area contributed by atoms with Crippen molar-refractivity contribution in [1.29, 1.82) is 0 Å². The van der Waals surface area contributed by atoms with E-state index in [0.29, 0.717) is 0 Å². The van der Waals surface area contributed by atoms with Crippen LogP contribution in [-0.4, -0.2) is 60.3 Å². The Balaban J connectivity index is 4.31. The first-order valence-electron chi connectivity index (χ1n) is 4.22. The van der Waals surface area contributed by atoms with Gasteiger partial charge in [-0.25, -0.2) is 0 Å². The normalized spacial score (nSPS) is 9.19. The van der Waals surface area contributed by atoms with E-state index in [1.54, 1.807) is 0 Å². The van der Waals surface area contributed by atoms with Crippen LogP contribution in [0, 0.1) is 0 Å². The van der Waals surface area contributed by atoms with Gasteiger partial charge in [0.05, 0.1) is 0 Å². The number of hydrogen-bond acceptors (Lipinski definition) is 9. The molecule has 0 atom stereocenters. The third kappa shape index (κ3) is 6.61. The zero-order valence-electron chi connectivity index (χ0n) is 8.38. The summed E-state index contributed by atoms with van der Waals surface area (Å²) in [6, 6.07) is 0. The van der Waals surface area contributed by atoms with Gasteiger partial charge in [0.2, 0.25) is 0 Å². The van der Waals surface area contributed by atoms with E-state index in [1.807, 2.05) is 0 Å². The summed E-state index contributed by atoms with van der Waals surface area (Å²) in [5, 5.41) is 0. The van der Waals surface area contributed by atoms with Gasteiger partial charge in [-0.2, -0.15) is 0 Å². The Morgan fingerprint density at radius 3 is 1.19 bits per heavy atom. The maximum atomic E-state index is 10.8. The van der Waals surface area contributed by atoms with Gasteiger partial charge in [-0.3, -0.25) is 0 Å². The molecule has 0 saturated heterocycles. The Bertz CT molecular complexity index is 230. The summed E-state index contributed by atoms with van der Waals surface area (Å²) in [7, 11) is 0. The van der Waals surface area contributed by atoms with Crippen LogP contribution >= 0.6 is 0 Å². The summed E-state index contributed by atoms with van der Waals surface area (Å²) < 4.78 is 13.8. The molecule has 0 saturated carbocycles. The molecule has 0 aliphatic rings. The molecule has 90 valence electrons. The third-order valence-corrected chi connectivity index (χ3v) is 5.08. The van der Waals surface area contributed by atoms with Crippen molar-refractivity contribution in [2.75, 3.05) is 19.6 Å². The Morgan fingerprint density at radius 2 is 1.00 bits per heavy atom. The summed E-state index contributed by atoms with van der Waals surface area (Å²) in [4.78, 5) is 32.5. The Kier molecular flexibility index (Phi) is 7.89. The van der Waals surface area contributed by atoms with E-state index in [0.717, 1.165) is 0 Å². The molecule has 0 heterocycles. The molecule has 16 heavy (non-hydrogen) atoms. The molecule has 6 N–H and O–H groups in total. The van der Waals surface area contributed by atoms with Crippen molar-refractivity contribution in [3.8, 4) is 0 Å². The van der Waals surface area contributed by atoms with Gasteiger partial charge in [0.15, 0.2) is 0 Å². The van der Waals surface area contributed by atoms with Gasteiger partial charge in [0.25, 0.3) is 0 Å². The van der Waals surface area contributed by atoms with Gasteiger partial charge in [0, 0.05) is 0 Å². The van der Waals surface area contributed by atoms with Crippen LogP contribution in [0.3, 0.4) is 0 Å². The molecular formula is C6H12InN3O6. The van der Waals surface area contributed by atoms with Crippen molar-refractivity contribution in [1.82, 2.24) is 0 Å². The first kappa shape index (κ1) is 15.2. The minimum absolute atomic E-state index is 0.409. The zero-order chi connectivity index (χ0) is 12.6. The van der Waals surface area contributed by atoms with Gasteiger partial charge >= 0.3 is 100 Å². The first-order valence-corrected chi connectivity index (χ1v) is 8.25. The van der Waals surface area contributed by atoms with Crippen LogP contribution in [0.4, 0.5) is 0 Å². The molecule has 0 radical (unpaired) electrons. The van der Waals surface area contributed by atoms with Crippen LogP contribution in [0.15, 0.2) is 0 Å². The molecule has 0 bridgehead atoms. The van der Waals surface area contributed by atoms with E-state index in [4.69, 9.17) is 17.2 Å². The fourth-order valence-corrected chi connectivity index (χ4v) is 3.61. The van der Waals surface area contributed by atoms with Gasteiger partial charge in [-0.1, -0.05) is 0 Å². The first-order chi connectivity index (χ1) is 7.53. The molecule has 0 fully saturated rings. The Hall–Kier alpha value is -0.840. The van der Waals surface area contributed by atoms with Gasteiger partial charge in [-0.15, -0.1) is 0 Å². The molecule has 0 spiro atoms. The third-order valence-electron chi connectivity index (χ3n) is 1.18. The van der Waals surface area contributed by atoms with Crippen LogP contribution in [0.25, 0.3) is 0 Å². The zero-order valence-corrected chi connectivity index (χ0v) is 11.7. The topological polar surface area (TPSA) is 157 Å². The average Bonchev–Trinajstić information content (AvgIpc) is 2.28. The van der Waals surface area contributed by atoms with Crippen molar-refractivity contribution in [2.24, 2.45) is 17.2 Å². The summed E-state index contributed by atoms with van der Waals surface area (Å²) >= 11 is -3.98. The molecule has 0 rings (SSSR count). The summed E-state index contributed by atoms with van der Waals surface area (Å²) in [6.07, 6.45) is 0. The van der Waals surface area contributed by atoms with Crippen molar-refractivity contribution < 1.29 is 22.9 Å². The van der Waals surface area contributed by atoms with Crippen LogP contribution in [-0.2, 0) is 22.9 Å². The summed E-state index contributed by atoms with van der Waals surface area (Å²) in [5.41, 5.74) is 14.9. The molecule has 10 heteroatoms. The van der Waals surface area contributed by atoms with Crippen LogP contribution in [0.5, 0.6) is 0 Å². The van der Waals surface area contributed by atoms with Crippen molar-refractivity contribution >= 4 is 40.7 Å². The number of hydrogen-bond donors (Lipinski definition) is 3. The second-order valence-electron chi connectivity index (χ2n) is 2.37. The van der Waals surface area contributed by atoms with E-state index in [-0.39, 0.29) is 0 Å². The van der Waals surface area contributed by atoms with Crippen LogP contribution in [0.1, 0.15) is 0 Å². The number of carbonyl (C=O) groups is 3. The number of rotatable bonds is 6. The second-order valence-corrected chi connectivity index (χ2v) is 6.04. The van der Waals surface area contributed by atoms with Gasteiger partial charge in [-0.05, 0) is 0 Å². The quantitative estimate of drug-likeness (QED) is 0.447. The second kappa shape index (κ2) is 8.33. The molecule has 0 aliphatic heterocycles. The van der Waals surface area contributed by atoms with Crippen molar-refractivity contribution in [3.05, 3.63) is 0 Å². The van der Waals surface area contributed by atoms with Crippen molar-refractivity contribution in [3.63, 3.8) is 0 Å². The van der Waals surface area contributed by atoms with Crippen molar-refractivity contribution in [2.45, 2.75) is 0 Å². The van der Waals surface area contributed by atoms with E-state index >= 15 is 0 Å². The predicted molar refractivity (Wildman–Crippen MR) is 51.2 cm³/mol. The monoisotopic (exact) mass is 337 g/mol. The van der Waals surface area contributed by atoms with E-state index in [2.05, 4.69) is 8.56 Å². The van der Waals surface area contributed by atoms with E-state index in [1.165, 1.54) is 0 Å². The molecular weight excluding hydrogens is 325 g/mol. The van der Waals surface area contributed by atoms with Gasteiger partial charge in [0.1, 0.15) is 0 Å². The molecule has 0 aromatic carbocycles. The summed E-state index contributed by atoms with van der Waals surface area (Å²) in [6.45, 7) is -1.23. The molecule has 0 amide bonds. The Labute approximate surface area is 101 Å². The maximum absolute atomic E-state index is 10.8. The predicted octanol–water partition coefficient (Wildman–Crippen LogP) is -3.52. The number of nitrogens with two attached hydrogens (primary N) is 3. The molecule has 0 unspecified atom stereocenters. The average molecular weight is 337 g/mol. The SMILES string of the molecule is NCC(=O)[O][In]([O]C(=O)CN)[O]C(=O)CN. The van der Waals surface area contributed by atoms with Gasteiger partial charge < -0.3 is 0 Å². The standard InChI is InChI=1S/3C2H5NO2.In/c3*3-1-2(4)5;/h3*1,3H2,(H,4,5);/q;;;+3/p-3. The molecule has 0 aromatic rings. The Morgan fingerprint density at radius 1 is 0.750 bits per heavy atom. The fraction of sp³-hybridized carbons (Fsp3) is 0.500. The minimum atomic E-state index is -3.98. The van der Waals surface area contributed by atoms with E-state index in [9.17, 15) is 14.4 Å². The van der Waals surface area contributed by atoms with E-state index < -0.39 is 60.3 Å². The molecule has 9 nitrogen and oxygen atoms in total. The van der Waals surface area contributed by atoms with Crippen LogP contribution < -0.4 is 17.2 Å².